The summed E-state index contributed by atoms with van der Waals surface area (Å²) in [6.45, 7) is 4.27. The molecule has 3 N–H and O–H groups in total. The van der Waals surface area contributed by atoms with Crippen molar-refractivity contribution in [1.82, 2.24) is 24.6 Å². The summed E-state index contributed by atoms with van der Waals surface area (Å²) in [5, 5.41) is 8.45. The average molecular weight is 420 g/mol. The molecule has 2 aromatic heterocycles. The molecule has 1 aliphatic heterocycles. The number of aryl methyl sites for hydroxylation is 1. The Morgan fingerprint density at radius 1 is 1.41 bits per heavy atom. The minimum atomic E-state index is -0.342. The van der Waals surface area contributed by atoms with Crippen LogP contribution in [-0.4, -0.2) is 57.0 Å². The normalized spacial score (nSPS) is 18.8. The lowest BCUT2D eigenvalue weighted by atomic mass is 10.0. The first-order valence-electron chi connectivity index (χ1n) is 9.42. The van der Waals surface area contributed by atoms with E-state index in [2.05, 4.69) is 25.3 Å². The summed E-state index contributed by atoms with van der Waals surface area (Å²) in [5.41, 5.74) is 7.12. The van der Waals surface area contributed by atoms with Crippen LogP contribution in [0.25, 0.3) is 11.0 Å². The summed E-state index contributed by atoms with van der Waals surface area (Å²) in [5.74, 6) is 0.356. The molecule has 2 atom stereocenters. The largest absolute Gasteiger partial charge is 0.383 e. The molecule has 0 saturated carbocycles. The quantitative estimate of drug-likeness (QED) is 0.656. The molecule has 154 valence electrons. The van der Waals surface area contributed by atoms with Crippen molar-refractivity contribution in [3.05, 3.63) is 40.8 Å². The number of nitrogen functional groups attached to an aromatic ring is 1. The molecule has 2 unspecified atom stereocenters. The third-order valence-corrected chi connectivity index (χ3v) is 5.45. The lowest BCUT2D eigenvalue weighted by molar-refractivity contribution is -0.0331. The van der Waals surface area contributed by atoms with Crippen LogP contribution in [0.15, 0.2) is 24.4 Å². The molecule has 1 fully saturated rings. The van der Waals surface area contributed by atoms with Crippen molar-refractivity contribution < 1.29 is 9.13 Å². The molecular formula is C19H23ClFN7O. The Hall–Kier alpha value is -2.49. The second-order valence-electron chi connectivity index (χ2n) is 7.15. The summed E-state index contributed by atoms with van der Waals surface area (Å²) in [6.07, 6.45) is 1.68. The number of nitrogens with zero attached hydrogens (tertiary/aromatic N) is 5. The maximum absolute atomic E-state index is 14.7. The molecular weight excluding hydrogens is 397 g/mol. The van der Waals surface area contributed by atoms with Crippen LogP contribution >= 0.6 is 11.6 Å². The molecule has 29 heavy (non-hydrogen) atoms. The van der Waals surface area contributed by atoms with Gasteiger partial charge in [-0.2, -0.15) is 15.1 Å². The van der Waals surface area contributed by atoms with E-state index in [1.54, 1.807) is 30.1 Å². The number of halogens is 2. The maximum atomic E-state index is 14.7. The van der Waals surface area contributed by atoms with Crippen molar-refractivity contribution in [2.24, 2.45) is 7.05 Å². The van der Waals surface area contributed by atoms with Gasteiger partial charge in [0, 0.05) is 37.3 Å². The van der Waals surface area contributed by atoms with Gasteiger partial charge in [-0.15, -0.1) is 0 Å². The van der Waals surface area contributed by atoms with Crippen molar-refractivity contribution in [1.29, 1.82) is 0 Å². The predicted molar refractivity (Wildman–Crippen MR) is 110 cm³/mol. The van der Waals surface area contributed by atoms with E-state index < -0.39 is 0 Å². The van der Waals surface area contributed by atoms with E-state index in [1.165, 1.54) is 6.07 Å². The van der Waals surface area contributed by atoms with Crippen molar-refractivity contribution in [2.45, 2.75) is 19.1 Å². The molecule has 3 aromatic rings. The first kappa shape index (κ1) is 19.8. The minimum Gasteiger partial charge on any atom is -0.383 e. The zero-order chi connectivity index (χ0) is 20.5. The Bertz CT molecular complexity index is 1010. The number of fused-ring (bicyclic) bond motifs is 1. The molecule has 4 rings (SSSR count). The number of nitrogens with two attached hydrogens (primary N) is 1. The van der Waals surface area contributed by atoms with Gasteiger partial charge in [0.15, 0.2) is 5.65 Å². The number of aromatic nitrogens is 4. The second-order valence-corrected chi connectivity index (χ2v) is 7.55. The summed E-state index contributed by atoms with van der Waals surface area (Å²) >= 11 is 6.38. The summed E-state index contributed by atoms with van der Waals surface area (Å²) in [4.78, 5) is 11.0. The van der Waals surface area contributed by atoms with Crippen molar-refractivity contribution >= 4 is 34.4 Å². The van der Waals surface area contributed by atoms with Crippen LogP contribution in [0, 0.1) is 5.82 Å². The van der Waals surface area contributed by atoms with Gasteiger partial charge in [0.1, 0.15) is 11.6 Å². The van der Waals surface area contributed by atoms with Gasteiger partial charge in [0.05, 0.1) is 30.3 Å². The zero-order valence-corrected chi connectivity index (χ0v) is 17.0. The molecule has 1 aliphatic rings. The van der Waals surface area contributed by atoms with Crippen molar-refractivity contribution in [2.75, 3.05) is 37.3 Å². The van der Waals surface area contributed by atoms with Gasteiger partial charge < -0.3 is 15.8 Å². The van der Waals surface area contributed by atoms with Gasteiger partial charge in [-0.1, -0.05) is 17.7 Å². The van der Waals surface area contributed by atoms with E-state index in [0.717, 1.165) is 0 Å². The molecule has 10 heteroatoms. The van der Waals surface area contributed by atoms with E-state index in [0.29, 0.717) is 59.6 Å². The fraction of sp³-hybridized carbons (Fsp3) is 0.421. The van der Waals surface area contributed by atoms with Gasteiger partial charge in [-0.3, -0.25) is 9.58 Å². The van der Waals surface area contributed by atoms with Crippen LogP contribution in [0.3, 0.4) is 0 Å². The fourth-order valence-electron chi connectivity index (χ4n) is 3.68. The number of ether oxygens (including phenoxy) is 1. The molecule has 1 aromatic carbocycles. The van der Waals surface area contributed by atoms with Gasteiger partial charge in [-0.05, 0) is 19.1 Å². The molecule has 0 aliphatic carbocycles. The van der Waals surface area contributed by atoms with Crippen LogP contribution < -0.4 is 11.1 Å². The third kappa shape index (κ3) is 3.98. The Morgan fingerprint density at radius 2 is 2.24 bits per heavy atom. The zero-order valence-electron chi connectivity index (χ0n) is 16.3. The van der Waals surface area contributed by atoms with E-state index in [-0.39, 0.29) is 18.0 Å². The fourth-order valence-corrected chi connectivity index (χ4v) is 3.97. The van der Waals surface area contributed by atoms with Gasteiger partial charge >= 0.3 is 0 Å². The highest BCUT2D eigenvalue weighted by Crippen LogP contribution is 2.31. The highest BCUT2D eigenvalue weighted by Gasteiger charge is 2.29. The highest BCUT2D eigenvalue weighted by molar-refractivity contribution is 6.31. The standard InChI is InChI=1S/C19H23ClFN7O/c1-11-10-28(6-7-29-11)15(16-13(20)4-3-5-14(16)21)9-23-19-25-17(22)12-8-24-27(2)18(12)26-19/h3-5,8,11,15H,6-7,9-10H2,1-2H3,(H3,22,23,25,26). The second kappa shape index (κ2) is 8.10. The van der Waals surface area contributed by atoms with Crippen LogP contribution in [0.5, 0.6) is 0 Å². The first-order chi connectivity index (χ1) is 13.9. The van der Waals surface area contributed by atoms with E-state index in [1.807, 2.05) is 6.92 Å². The Morgan fingerprint density at radius 3 is 3.00 bits per heavy atom. The van der Waals surface area contributed by atoms with Gasteiger partial charge in [0.2, 0.25) is 5.95 Å². The number of hydrogen-bond acceptors (Lipinski definition) is 7. The molecule has 3 heterocycles. The van der Waals surface area contributed by atoms with E-state index in [4.69, 9.17) is 22.1 Å². The molecule has 0 spiro atoms. The number of benzene rings is 1. The summed E-state index contributed by atoms with van der Waals surface area (Å²) < 4.78 is 22.0. The Balaban J connectivity index is 1.64. The van der Waals surface area contributed by atoms with Crippen LogP contribution in [-0.2, 0) is 11.8 Å². The van der Waals surface area contributed by atoms with Gasteiger partial charge in [-0.25, -0.2) is 4.39 Å². The van der Waals surface area contributed by atoms with Crippen LogP contribution in [0.4, 0.5) is 16.2 Å². The molecule has 0 radical (unpaired) electrons. The Labute approximate surface area is 172 Å². The smallest absolute Gasteiger partial charge is 0.226 e. The number of morpholine rings is 1. The predicted octanol–water partition coefficient (Wildman–Crippen LogP) is 2.61. The van der Waals surface area contributed by atoms with Crippen molar-refractivity contribution in [3.8, 4) is 0 Å². The monoisotopic (exact) mass is 419 g/mol. The lowest BCUT2D eigenvalue weighted by Gasteiger charge is -2.38. The first-order valence-corrected chi connectivity index (χ1v) is 9.80. The maximum Gasteiger partial charge on any atom is 0.226 e. The van der Waals surface area contributed by atoms with Gasteiger partial charge in [0.25, 0.3) is 0 Å². The number of rotatable bonds is 5. The average Bonchev–Trinajstić information content (AvgIpc) is 3.05. The summed E-state index contributed by atoms with van der Waals surface area (Å²) in [6, 6.07) is 4.41. The third-order valence-electron chi connectivity index (χ3n) is 5.12. The SMILES string of the molecule is CC1CN(C(CNc2nc(N)c3cnn(C)c3n2)c2c(F)cccc2Cl)CCO1. The summed E-state index contributed by atoms with van der Waals surface area (Å²) in [7, 11) is 1.79. The molecule has 0 bridgehead atoms. The number of anilines is 2. The minimum absolute atomic E-state index is 0.0505. The van der Waals surface area contributed by atoms with Crippen LogP contribution in [0.1, 0.15) is 18.5 Å². The van der Waals surface area contributed by atoms with Crippen LogP contribution in [0.2, 0.25) is 5.02 Å². The Kier molecular flexibility index (Phi) is 5.53. The molecule has 1 saturated heterocycles. The van der Waals surface area contributed by atoms with E-state index >= 15 is 0 Å². The molecule has 0 amide bonds. The highest BCUT2D eigenvalue weighted by atomic mass is 35.5. The van der Waals surface area contributed by atoms with E-state index in [9.17, 15) is 4.39 Å². The lowest BCUT2D eigenvalue weighted by Crippen LogP contribution is -2.45. The topological polar surface area (TPSA) is 94.1 Å². The molecule has 8 nitrogen and oxygen atoms in total. The number of hydrogen-bond donors (Lipinski definition) is 2. The number of nitrogens with one attached hydrogen (secondary N) is 1. The van der Waals surface area contributed by atoms with Crippen molar-refractivity contribution in [3.63, 3.8) is 0 Å².